The fraction of sp³-hybridized carbons (Fsp3) is 0.500. The van der Waals surface area contributed by atoms with E-state index in [-0.39, 0.29) is 18.4 Å². The quantitative estimate of drug-likeness (QED) is 0.805. The van der Waals surface area contributed by atoms with E-state index in [1.54, 1.807) is 31.1 Å². The van der Waals surface area contributed by atoms with Gasteiger partial charge in [0.25, 0.3) is 0 Å². The molecule has 0 bridgehead atoms. The molecule has 2 rings (SSSR count). The molecule has 2 amide bonds. The van der Waals surface area contributed by atoms with Crippen LogP contribution in [0.1, 0.15) is 6.92 Å². The summed E-state index contributed by atoms with van der Waals surface area (Å²) in [7, 11) is 1.57. The lowest BCUT2D eigenvalue weighted by atomic mass is 10.2. The molecule has 0 saturated carbocycles. The second-order valence-corrected chi connectivity index (χ2v) is 5.64. The summed E-state index contributed by atoms with van der Waals surface area (Å²) < 4.78 is 5.21. The molecular weight excluding hydrogens is 296 g/mol. The van der Waals surface area contributed by atoms with E-state index in [0.29, 0.717) is 37.6 Å². The van der Waals surface area contributed by atoms with Gasteiger partial charge in [0.2, 0.25) is 11.8 Å². The molecule has 3 N–H and O–H groups in total. The number of carbonyl (C=O) groups is 2. The van der Waals surface area contributed by atoms with Crippen LogP contribution in [0.3, 0.4) is 0 Å². The van der Waals surface area contributed by atoms with E-state index in [4.69, 9.17) is 10.5 Å². The van der Waals surface area contributed by atoms with Crippen LogP contribution in [0.2, 0.25) is 0 Å². The van der Waals surface area contributed by atoms with Gasteiger partial charge in [0, 0.05) is 26.2 Å². The van der Waals surface area contributed by atoms with Crippen molar-refractivity contribution < 1.29 is 14.3 Å². The van der Waals surface area contributed by atoms with Gasteiger partial charge in [-0.2, -0.15) is 0 Å². The zero-order valence-electron chi connectivity index (χ0n) is 13.6. The Morgan fingerprint density at radius 1 is 1.26 bits per heavy atom. The van der Waals surface area contributed by atoms with Gasteiger partial charge in [0.15, 0.2) is 0 Å². The molecule has 1 aromatic carbocycles. The zero-order chi connectivity index (χ0) is 16.8. The highest BCUT2D eigenvalue weighted by Gasteiger charge is 2.24. The molecule has 0 aromatic heterocycles. The van der Waals surface area contributed by atoms with E-state index in [1.807, 2.05) is 17.0 Å². The number of benzene rings is 1. The fourth-order valence-electron chi connectivity index (χ4n) is 2.56. The summed E-state index contributed by atoms with van der Waals surface area (Å²) in [6, 6.07) is 6.82. The number of methoxy groups -OCH3 is 1. The van der Waals surface area contributed by atoms with E-state index in [1.165, 1.54) is 0 Å². The summed E-state index contributed by atoms with van der Waals surface area (Å²) in [6.45, 7) is 4.51. The highest BCUT2D eigenvalue weighted by molar-refractivity contribution is 5.93. The van der Waals surface area contributed by atoms with Crippen molar-refractivity contribution in [1.29, 1.82) is 0 Å². The number of anilines is 1. The Morgan fingerprint density at radius 2 is 1.91 bits per heavy atom. The lowest BCUT2D eigenvalue weighted by Gasteiger charge is -2.35. The van der Waals surface area contributed by atoms with E-state index < -0.39 is 6.04 Å². The van der Waals surface area contributed by atoms with Gasteiger partial charge < -0.3 is 20.7 Å². The Labute approximate surface area is 136 Å². The van der Waals surface area contributed by atoms with Crippen molar-refractivity contribution in [2.45, 2.75) is 13.0 Å². The minimum absolute atomic E-state index is 0.0388. The molecule has 1 unspecified atom stereocenters. The van der Waals surface area contributed by atoms with E-state index in [0.717, 1.165) is 0 Å². The summed E-state index contributed by atoms with van der Waals surface area (Å²) in [6.07, 6.45) is 0. The van der Waals surface area contributed by atoms with Crippen LogP contribution in [0.4, 0.5) is 5.69 Å². The Bertz CT molecular complexity index is 554. The van der Waals surface area contributed by atoms with Crippen LogP contribution in [0.25, 0.3) is 0 Å². The summed E-state index contributed by atoms with van der Waals surface area (Å²) in [5, 5.41) is 2.85. The van der Waals surface area contributed by atoms with Crippen LogP contribution in [0, 0.1) is 0 Å². The number of ether oxygens (including phenoxy) is 1. The molecule has 1 aromatic rings. The largest absolute Gasteiger partial charge is 0.495 e. The van der Waals surface area contributed by atoms with Gasteiger partial charge in [-0.25, -0.2) is 0 Å². The molecule has 7 heteroatoms. The minimum atomic E-state index is -0.476. The van der Waals surface area contributed by atoms with Crippen molar-refractivity contribution in [1.82, 2.24) is 9.80 Å². The smallest absolute Gasteiger partial charge is 0.239 e. The molecule has 0 radical (unpaired) electrons. The van der Waals surface area contributed by atoms with Crippen LogP contribution < -0.4 is 15.8 Å². The Morgan fingerprint density at radius 3 is 2.52 bits per heavy atom. The molecule has 0 aliphatic carbocycles. The number of para-hydroxylation sites is 2. The van der Waals surface area contributed by atoms with Crippen LogP contribution in [-0.2, 0) is 9.59 Å². The van der Waals surface area contributed by atoms with Crippen molar-refractivity contribution in [3.63, 3.8) is 0 Å². The molecule has 0 spiro atoms. The SMILES string of the molecule is COc1ccccc1NC(=O)CN1CCN(C(=O)C(C)N)CC1. The zero-order valence-corrected chi connectivity index (χ0v) is 13.6. The van der Waals surface area contributed by atoms with Crippen molar-refractivity contribution in [2.75, 3.05) is 45.2 Å². The maximum atomic E-state index is 12.2. The van der Waals surface area contributed by atoms with Crippen LogP contribution >= 0.6 is 0 Å². The highest BCUT2D eigenvalue weighted by Crippen LogP contribution is 2.22. The second-order valence-electron chi connectivity index (χ2n) is 5.64. The Balaban J connectivity index is 1.82. The Kier molecular flexibility index (Phi) is 5.95. The average Bonchev–Trinajstić information content (AvgIpc) is 2.55. The first-order chi connectivity index (χ1) is 11.0. The van der Waals surface area contributed by atoms with Gasteiger partial charge >= 0.3 is 0 Å². The third kappa shape index (κ3) is 4.67. The fourth-order valence-corrected chi connectivity index (χ4v) is 2.56. The van der Waals surface area contributed by atoms with E-state index in [2.05, 4.69) is 5.32 Å². The maximum absolute atomic E-state index is 12.2. The number of hydrogen-bond acceptors (Lipinski definition) is 5. The first kappa shape index (κ1) is 17.2. The van der Waals surface area contributed by atoms with Crippen molar-refractivity contribution in [3.8, 4) is 5.75 Å². The molecule has 126 valence electrons. The van der Waals surface area contributed by atoms with E-state index in [9.17, 15) is 9.59 Å². The lowest BCUT2D eigenvalue weighted by molar-refractivity contribution is -0.134. The molecule has 1 fully saturated rings. The summed E-state index contributed by atoms with van der Waals surface area (Å²) in [5.74, 6) is 0.498. The number of nitrogens with two attached hydrogens (primary N) is 1. The number of amides is 2. The van der Waals surface area contributed by atoms with E-state index >= 15 is 0 Å². The standard InChI is InChI=1S/C16H24N4O3/c1-12(17)16(22)20-9-7-19(8-10-20)11-15(21)18-13-5-3-4-6-14(13)23-2/h3-6,12H,7-11,17H2,1-2H3,(H,18,21). The third-order valence-electron chi connectivity index (χ3n) is 3.82. The molecule has 7 nitrogen and oxygen atoms in total. The van der Waals surface area contributed by atoms with Crippen LogP contribution in [0.5, 0.6) is 5.75 Å². The topological polar surface area (TPSA) is 87.9 Å². The Hall–Kier alpha value is -2.12. The monoisotopic (exact) mass is 320 g/mol. The summed E-state index contributed by atoms with van der Waals surface area (Å²) >= 11 is 0. The number of carbonyl (C=O) groups excluding carboxylic acids is 2. The van der Waals surface area contributed by atoms with Gasteiger partial charge in [0.05, 0.1) is 25.4 Å². The number of nitrogens with one attached hydrogen (secondary N) is 1. The normalized spacial score (nSPS) is 16.7. The molecule has 1 saturated heterocycles. The maximum Gasteiger partial charge on any atom is 0.239 e. The van der Waals surface area contributed by atoms with Crippen molar-refractivity contribution in [3.05, 3.63) is 24.3 Å². The lowest BCUT2D eigenvalue weighted by Crippen LogP contribution is -2.53. The molecule has 1 aliphatic heterocycles. The molecule has 23 heavy (non-hydrogen) atoms. The van der Waals surface area contributed by atoms with Crippen LogP contribution in [-0.4, -0.2) is 67.5 Å². The number of hydrogen-bond donors (Lipinski definition) is 2. The second kappa shape index (κ2) is 7.94. The number of piperazine rings is 1. The first-order valence-electron chi connectivity index (χ1n) is 7.71. The highest BCUT2D eigenvalue weighted by atomic mass is 16.5. The number of nitrogens with zero attached hydrogens (tertiary/aromatic N) is 2. The molecule has 1 aliphatic rings. The predicted octanol–water partition coefficient (Wildman–Crippen LogP) is 0.125. The van der Waals surface area contributed by atoms with Gasteiger partial charge in [-0.1, -0.05) is 12.1 Å². The van der Waals surface area contributed by atoms with Gasteiger partial charge in [-0.3, -0.25) is 14.5 Å². The first-order valence-corrected chi connectivity index (χ1v) is 7.71. The van der Waals surface area contributed by atoms with Gasteiger partial charge in [-0.05, 0) is 19.1 Å². The predicted molar refractivity (Wildman–Crippen MR) is 88.3 cm³/mol. The summed E-state index contributed by atoms with van der Waals surface area (Å²) in [5.41, 5.74) is 6.27. The van der Waals surface area contributed by atoms with Gasteiger partial charge in [0.1, 0.15) is 5.75 Å². The molecular formula is C16H24N4O3. The minimum Gasteiger partial charge on any atom is -0.495 e. The summed E-state index contributed by atoms with van der Waals surface area (Å²) in [4.78, 5) is 27.8. The molecule has 1 atom stereocenters. The third-order valence-corrected chi connectivity index (χ3v) is 3.82. The van der Waals surface area contributed by atoms with Crippen molar-refractivity contribution in [2.24, 2.45) is 5.73 Å². The van der Waals surface area contributed by atoms with Crippen LogP contribution in [0.15, 0.2) is 24.3 Å². The van der Waals surface area contributed by atoms with Crippen molar-refractivity contribution >= 4 is 17.5 Å². The van der Waals surface area contributed by atoms with Gasteiger partial charge in [-0.15, -0.1) is 0 Å². The number of rotatable bonds is 5. The average molecular weight is 320 g/mol. The molecule has 1 heterocycles.